The van der Waals surface area contributed by atoms with Gasteiger partial charge in [0, 0.05) is 23.4 Å². The Bertz CT molecular complexity index is 846. The summed E-state index contributed by atoms with van der Waals surface area (Å²) in [5, 5.41) is 3.86. The van der Waals surface area contributed by atoms with E-state index in [2.05, 4.69) is 12.2 Å². The largest absolute Gasteiger partial charge is 0.351 e. The molecule has 1 aliphatic heterocycles. The van der Waals surface area contributed by atoms with E-state index >= 15 is 0 Å². The van der Waals surface area contributed by atoms with Crippen molar-refractivity contribution in [1.82, 2.24) is 10.2 Å². The molecule has 0 radical (unpaired) electrons. The van der Waals surface area contributed by atoms with Crippen molar-refractivity contribution in [3.8, 4) is 0 Å². The molecule has 3 rings (SSSR count). The van der Waals surface area contributed by atoms with Gasteiger partial charge in [-0.2, -0.15) is 0 Å². The number of ketones is 1. The van der Waals surface area contributed by atoms with Crippen LogP contribution in [0.1, 0.15) is 42.2 Å². The van der Waals surface area contributed by atoms with Gasteiger partial charge >= 0.3 is 0 Å². The van der Waals surface area contributed by atoms with E-state index in [9.17, 15) is 9.18 Å². The van der Waals surface area contributed by atoms with Gasteiger partial charge in [-0.3, -0.25) is 4.79 Å². The van der Waals surface area contributed by atoms with Crippen molar-refractivity contribution in [1.29, 1.82) is 0 Å². The highest BCUT2D eigenvalue weighted by Crippen LogP contribution is 2.33. The second-order valence-corrected chi connectivity index (χ2v) is 6.67. The minimum atomic E-state index is -0.399. The van der Waals surface area contributed by atoms with Gasteiger partial charge in [-0.25, -0.2) is 4.39 Å². The predicted molar refractivity (Wildman–Crippen MR) is 105 cm³/mol. The fourth-order valence-corrected chi connectivity index (χ4v) is 3.56. The fourth-order valence-electron chi connectivity index (χ4n) is 3.22. The summed E-state index contributed by atoms with van der Waals surface area (Å²) in [5.74, 6) is -0.357. The summed E-state index contributed by atoms with van der Waals surface area (Å²) in [6.07, 6.45) is 0.910. The molecule has 3 nitrogen and oxygen atoms in total. The SMILES string of the molecule is CCCN1C(=S)NC(c2ccc(F)cc2)C(C(=O)c2ccccc2)=C1C. The van der Waals surface area contributed by atoms with Crippen LogP contribution in [-0.4, -0.2) is 22.3 Å². The molecule has 2 aromatic rings. The number of nitrogens with zero attached hydrogens (tertiary/aromatic N) is 1. The van der Waals surface area contributed by atoms with Gasteiger partial charge < -0.3 is 10.2 Å². The van der Waals surface area contributed by atoms with E-state index in [1.807, 2.05) is 30.0 Å². The van der Waals surface area contributed by atoms with E-state index in [4.69, 9.17) is 12.2 Å². The average molecular weight is 368 g/mol. The average Bonchev–Trinajstić information content (AvgIpc) is 2.65. The summed E-state index contributed by atoms with van der Waals surface area (Å²) in [4.78, 5) is 15.2. The van der Waals surface area contributed by atoms with Crippen molar-refractivity contribution in [2.24, 2.45) is 0 Å². The molecule has 5 heteroatoms. The number of thiocarbonyl (C=S) groups is 1. The Kier molecular flexibility index (Phi) is 5.47. The lowest BCUT2D eigenvalue weighted by molar-refractivity contribution is 0.102. The second kappa shape index (κ2) is 7.79. The van der Waals surface area contributed by atoms with E-state index in [-0.39, 0.29) is 11.6 Å². The van der Waals surface area contributed by atoms with Gasteiger partial charge in [0.25, 0.3) is 0 Å². The number of benzene rings is 2. The van der Waals surface area contributed by atoms with Crippen molar-refractivity contribution >= 4 is 23.1 Å². The van der Waals surface area contributed by atoms with Gasteiger partial charge in [-0.05, 0) is 43.3 Å². The van der Waals surface area contributed by atoms with Crippen LogP contribution in [0.5, 0.6) is 0 Å². The van der Waals surface area contributed by atoms with E-state index in [0.29, 0.717) is 16.2 Å². The molecular formula is C21H21FN2OS. The van der Waals surface area contributed by atoms with Crippen LogP contribution in [0.2, 0.25) is 0 Å². The molecular weight excluding hydrogens is 347 g/mol. The maximum absolute atomic E-state index is 13.4. The van der Waals surface area contributed by atoms with Crippen molar-refractivity contribution in [2.45, 2.75) is 26.3 Å². The first-order valence-electron chi connectivity index (χ1n) is 8.67. The molecule has 26 heavy (non-hydrogen) atoms. The first-order chi connectivity index (χ1) is 12.5. The lowest BCUT2D eigenvalue weighted by atomic mass is 9.89. The van der Waals surface area contributed by atoms with Crippen LogP contribution < -0.4 is 5.32 Å². The Hall–Kier alpha value is -2.53. The molecule has 0 saturated heterocycles. The lowest BCUT2D eigenvalue weighted by Gasteiger charge is -2.38. The summed E-state index contributed by atoms with van der Waals surface area (Å²) in [6, 6.07) is 15.0. The standard InChI is InChI=1S/C21H21FN2OS/c1-3-13-24-14(2)18(20(25)16-7-5-4-6-8-16)19(23-21(24)26)15-9-11-17(22)12-10-15/h4-12,19H,3,13H2,1-2H3,(H,23,26). The Morgan fingerprint density at radius 3 is 2.42 bits per heavy atom. The summed E-state index contributed by atoms with van der Waals surface area (Å²) in [7, 11) is 0. The zero-order valence-corrected chi connectivity index (χ0v) is 15.6. The summed E-state index contributed by atoms with van der Waals surface area (Å²) >= 11 is 5.52. The third-order valence-corrected chi connectivity index (χ3v) is 4.87. The normalized spacial score (nSPS) is 17.3. The Balaban J connectivity index is 2.11. The number of rotatable bonds is 5. The van der Waals surface area contributed by atoms with E-state index in [1.165, 1.54) is 12.1 Å². The van der Waals surface area contributed by atoms with Gasteiger partial charge in [0.05, 0.1) is 6.04 Å². The number of carbonyl (C=O) groups excluding carboxylic acids is 1. The molecule has 1 N–H and O–H groups in total. The van der Waals surface area contributed by atoms with E-state index in [0.717, 1.165) is 24.2 Å². The first kappa shape index (κ1) is 18.3. The van der Waals surface area contributed by atoms with Crippen molar-refractivity contribution in [3.63, 3.8) is 0 Å². The topological polar surface area (TPSA) is 32.3 Å². The third kappa shape index (κ3) is 3.53. The van der Waals surface area contributed by atoms with Crippen LogP contribution in [0.4, 0.5) is 4.39 Å². The first-order valence-corrected chi connectivity index (χ1v) is 9.07. The van der Waals surface area contributed by atoms with Crippen LogP contribution in [-0.2, 0) is 0 Å². The van der Waals surface area contributed by atoms with Gasteiger partial charge in [-0.1, -0.05) is 49.4 Å². The Morgan fingerprint density at radius 2 is 1.81 bits per heavy atom. The minimum Gasteiger partial charge on any atom is -0.351 e. The molecule has 1 unspecified atom stereocenters. The van der Waals surface area contributed by atoms with Crippen molar-refractivity contribution in [2.75, 3.05) is 6.54 Å². The molecule has 0 aliphatic carbocycles. The molecule has 0 saturated carbocycles. The molecule has 2 aromatic carbocycles. The van der Waals surface area contributed by atoms with Crippen LogP contribution in [0, 0.1) is 5.82 Å². The van der Waals surface area contributed by atoms with Gasteiger partial charge in [0.15, 0.2) is 10.9 Å². The number of hydrogen-bond acceptors (Lipinski definition) is 2. The molecule has 134 valence electrons. The van der Waals surface area contributed by atoms with E-state index < -0.39 is 6.04 Å². The molecule has 0 bridgehead atoms. The minimum absolute atomic E-state index is 0.0477. The number of halogens is 1. The molecule has 0 fully saturated rings. The summed E-state index contributed by atoms with van der Waals surface area (Å²) in [6.45, 7) is 4.73. The number of Topliss-reactive ketones (excluding diaryl/α,β-unsaturated/α-hetero) is 1. The number of allylic oxidation sites excluding steroid dienone is 1. The molecule has 0 amide bonds. The van der Waals surface area contributed by atoms with Crippen LogP contribution >= 0.6 is 12.2 Å². The van der Waals surface area contributed by atoms with Crippen LogP contribution in [0.25, 0.3) is 0 Å². The second-order valence-electron chi connectivity index (χ2n) is 6.28. The highest BCUT2D eigenvalue weighted by molar-refractivity contribution is 7.80. The van der Waals surface area contributed by atoms with Crippen molar-refractivity contribution in [3.05, 3.63) is 82.8 Å². The highest BCUT2D eigenvalue weighted by Gasteiger charge is 2.33. The zero-order chi connectivity index (χ0) is 18.7. The predicted octanol–water partition coefficient (Wildman–Crippen LogP) is 4.62. The van der Waals surface area contributed by atoms with Gasteiger partial charge in [0.1, 0.15) is 5.82 Å². The fraction of sp³-hybridized carbons (Fsp3) is 0.238. The number of hydrogen-bond donors (Lipinski definition) is 1. The lowest BCUT2D eigenvalue weighted by Crippen LogP contribution is -2.47. The maximum Gasteiger partial charge on any atom is 0.193 e. The summed E-state index contributed by atoms with van der Waals surface area (Å²) < 4.78 is 13.4. The molecule has 0 aromatic heterocycles. The molecule has 1 aliphatic rings. The smallest absolute Gasteiger partial charge is 0.193 e. The maximum atomic E-state index is 13.4. The van der Waals surface area contributed by atoms with Gasteiger partial charge in [0.2, 0.25) is 0 Å². The number of carbonyl (C=O) groups is 1. The van der Waals surface area contributed by atoms with E-state index in [1.54, 1.807) is 24.3 Å². The van der Waals surface area contributed by atoms with Gasteiger partial charge in [-0.15, -0.1) is 0 Å². The molecule has 1 heterocycles. The highest BCUT2D eigenvalue weighted by atomic mass is 32.1. The molecule has 1 atom stereocenters. The monoisotopic (exact) mass is 368 g/mol. The third-order valence-electron chi connectivity index (χ3n) is 4.53. The van der Waals surface area contributed by atoms with Crippen LogP contribution in [0.15, 0.2) is 65.9 Å². The molecule has 0 spiro atoms. The summed E-state index contributed by atoms with van der Waals surface area (Å²) in [5.41, 5.74) is 2.92. The van der Waals surface area contributed by atoms with Crippen LogP contribution in [0.3, 0.4) is 0 Å². The Morgan fingerprint density at radius 1 is 1.15 bits per heavy atom. The Labute approximate surface area is 158 Å². The number of nitrogens with one attached hydrogen (secondary N) is 1. The van der Waals surface area contributed by atoms with Crippen molar-refractivity contribution < 1.29 is 9.18 Å². The quantitative estimate of drug-likeness (QED) is 0.616. The zero-order valence-electron chi connectivity index (χ0n) is 14.8.